The Labute approximate surface area is 57.4 Å². The van der Waals surface area contributed by atoms with E-state index >= 15 is 0 Å². The first-order chi connectivity index (χ1) is 4.06. The van der Waals surface area contributed by atoms with E-state index in [1.165, 1.54) is 0 Å². The summed E-state index contributed by atoms with van der Waals surface area (Å²) in [6, 6.07) is 0. The van der Waals surface area contributed by atoms with E-state index in [-0.39, 0.29) is 5.41 Å². The third-order valence-corrected chi connectivity index (χ3v) is 0.643. The third kappa shape index (κ3) is 7.36. The summed E-state index contributed by atoms with van der Waals surface area (Å²) >= 11 is 0. The molecule has 0 atom stereocenters. The molecule has 0 fully saturated rings. The van der Waals surface area contributed by atoms with Crippen LogP contribution >= 0.6 is 0 Å². The van der Waals surface area contributed by atoms with Gasteiger partial charge in [-0.15, -0.1) is 0 Å². The van der Waals surface area contributed by atoms with Gasteiger partial charge in [-0.2, -0.15) is 0 Å². The molecule has 0 aliphatic carbocycles. The van der Waals surface area contributed by atoms with E-state index in [2.05, 4.69) is 32.8 Å². The maximum absolute atomic E-state index is 4.85. The van der Waals surface area contributed by atoms with Crippen LogP contribution in [0.4, 0.5) is 0 Å². The van der Waals surface area contributed by atoms with E-state index < -0.39 is 0 Å². The number of ether oxygens (including phenoxy) is 1. The largest absolute Gasteiger partial charge is 0.447 e. The SMILES string of the molecule is CCOC#CC(C)(C)C. The molecule has 0 heterocycles. The normalized spacial score (nSPS) is 9.78. The van der Waals surface area contributed by atoms with Gasteiger partial charge < -0.3 is 4.74 Å². The first kappa shape index (κ1) is 8.36. The van der Waals surface area contributed by atoms with Crippen LogP contribution in [0.3, 0.4) is 0 Å². The summed E-state index contributed by atoms with van der Waals surface area (Å²) in [5.74, 6) is 2.95. The standard InChI is InChI=1S/C8H14O/c1-5-9-7-6-8(2,3)4/h5H2,1-4H3. The van der Waals surface area contributed by atoms with Crippen molar-refractivity contribution >= 4 is 0 Å². The highest BCUT2D eigenvalue weighted by Gasteiger charge is 2.02. The number of hydrogen-bond acceptors (Lipinski definition) is 1. The molecule has 0 saturated heterocycles. The Bertz CT molecular complexity index is 120. The van der Waals surface area contributed by atoms with Gasteiger partial charge in [-0.1, -0.05) is 5.92 Å². The third-order valence-electron chi connectivity index (χ3n) is 0.643. The zero-order chi connectivity index (χ0) is 7.33. The van der Waals surface area contributed by atoms with Crippen LogP contribution in [0.15, 0.2) is 0 Å². The average Bonchev–Trinajstić information content (AvgIpc) is 1.63. The second-order valence-electron chi connectivity index (χ2n) is 2.91. The predicted octanol–water partition coefficient (Wildman–Crippen LogP) is 2.03. The Morgan fingerprint density at radius 1 is 1.33 bits per heavy atom. The molecule has 52 valence electrons. The van der Waals surface area contributed by atoms with Crippen molar-refractivity contribution in [2.24, 2.45) is 5.41 Å². The molecule has 0 aromatic rings. The van der Waals surface area contributed by atoms with Crippen LogP contribution in [0.25, 0.3) is 0 Å². The van der Waals surface area contributed by atoms with Crippen LogP contribution in [-0.4, -0.2) is 6.61 Å². The lowest BCUT2D eigenvalue weighted by molar-refractivity contribution is 0.296. The van der Waals surface area contributed by atoms with Gasteiger partial charge in [-0.25, -0.2) is 0 Å². The van der Waals surface area contributed by atoms with E-state index in [0.29, 0.717) is 6.61 Å². The maximum Gasteiger partial charge on any atom is 0.110 e. The monoisotopic (exact) mass is 126 g/mol. The molecule has 0 N–H and O–H groups in total. The van der Waals surface area contributed by atoms with Crippen molar-refractivity contribution in [2.75, 3.05) is 6.61 Å². The van der Waals surface area contributed by atoms with E-state index in [0.717, 1.165) is 0 Å². The number of rotatable bonds is 1. The highest BCUT2D eigenvalue weighted by Crippen LogP contribution is 2.09. The summed E-state index contributed by atoms with van der Waals surface area (Å²) in [4.78, 5) is 0. The Morgan fingerprint density at radius 2 is 1.89 bits per heavy atom. The van der Waals surface area contributed by atoms with Crippen molar-refractivity contribution in [1.29, 1.82) is 0 Å². The van der Waals surface area contributed by atoms with Crippen molar-refractivity contribution in [3.05, 3.63) is 0 Å². The van der Waals surface area contributed by atoms with Crippen LogP contribution in [0, 0.1) is 17.4 Å². The Kier molecular flexibility index (Phi) is 3.16. The summed E-state index contributed by atoms with van der Waals surface area (Å²) in [5, 5.41) is 0. The fourth-order valence-corrected chi connectivity index (χ4v) is 0.261. The lowest BCUT2D eigenvalue weighted by Gasteiger charge is -2.05. The van der Waals surface area contributed by atoms with E-state index in [9.17, 15) is 0 Å². The molecule has 0 aliphatic heterocycles. The Morgan fingerprint density at radius 3 is 2.22 bits per heavy atom. The quantitative estimate of drug-likeness (QED) is 0.488. The van der Waals surface area contributed by atoms with E-state index in [1.807, 2.05) is 6.92 Å². The summed E-state index contributed by atoms with van der Waals surface area (Å²) in [7, 11) is 0. The maximum atomic E-state index is 4.85. The van der Waals surface area contributed by atoms with E-state index in [4.69, 9.17) is 4.74 Å². The molecule has 0 rings (SSSR count). The van der Waals surface area contributed by atoms with Crippen molar-refractivity contribution in [3.8, 4) is 12.0 Å². The minimum Gasteiger partial charge on any atom is -0.447 e. The summed E-state index contributed by atoms with van der Waals surface area (Å²) in [6.07, 6.45) is 2.62. The van der Waals surface area contributed by atoms with Crippen LogP contribution in [0.2, 0.25) is 0 Å². The van der Waals surface area contributed by atoms with Crippen molar-refractivity contribution < 1.29 is 4.74 Å². The zero-order valence-electron chi connectivity index (χ0n) is 6.62. The molecule has 0 spiro atoms. The molecule has 0 saturated carbocycles. The van der Waals surface area contributed by atoms with Gasteiger partial charge >= 0.3 is 0 Å². The van der Waals surface area contributed by atoms with Gasteiger partial charge in [0.1, 0.15) is 6.11 Å². The Hall–Kier alpha value is -0.640. The van der Waals surface area contributed by atoms with Gasteiger partial charge in [-0.3, -0.25) is 0 Å². The van der Waals surface area contributed by atoms with Gasteiger partial charge in [0.15, 0.2) is 0 Å². The van der Waals surface area contributed by atoms with Gasteiger partial charge in [0, 0.05) is 5.41 Å². The molecular formula is C8H14O. The van der Waals surface area contributed by atoms with Crippen molar-refractivity contribution in [2.45, 2.75) is 27.7 Å². The first-order valence-electron chi connectivity index (χ1n) is 3.20. The first-order valence-corrected chi connectivity index (χ1v) is 3.20. The smallest absolute Gasteiger partial charge is 0.110 e. The van der Waals surface area contributed by atoms with Gasteiger partial charge in [-0.05, 0) is 27.7 Å². The molecule has 9 heavy (non-hydrogen) atoms. The highest BCUT2D eigenvalue weighted by atomic mass is 16.5. The van der Waals surface area contributed by atoms with E-state index in [1.54, 1.807) is 0 Å². The second kappa shape index (κ2) is 3.40. The molecule has 0 unspecified atom stereocenters. The van der Waals surface area contributed by atoms with Gasteiger partial charge in [0.25, 0.3) is 0 Å². The summed E-state index contributed by atoms with van der Waals surface area (Å²) < 4.78 is 4.85. The van der Waals surface area contributed by atoms with Gasteiger partial charge in [0.2, 0.25) is 0 Å². The molecule has 1 heteroatoms. The average molecular weight is 126 g/mol. The zero-order valence-corrected chi connectivity index (χ0v) is 6.62. The van der Waals surface area contributed by atoms with Crippen LogP contribution in [-0.2, 0) is 4.74 Å². The fourth-order valence-electron chi connectivity index (χ4n) is 0.261. The molecule has 0 aromatic heterocycles. The molecule has 0 bridgehead atoms. The van der Waals surface area contributed by atoms with Crippen LogP contribution in [0.5, 0.6) is 0 Å². The lowest BCUT2D eigenvalue weighted by atomic mass is 9.99. The second-order valence-corrected chi connectivity index (χ2v) is 2.91. The molecule has 1 nitrogen and oxygen atoms in total. The number of hydrogen-bond donors (Lipinski definition) is 0. The molecule has 0 amide bonds. The molecule has 0 aliphatic rings. The predicted molar refractivity (Wildman–Crippen MR) is 38.9 cm³/mol. The highest BCUT2D eigenvalue weighted by molar-refractivity contribution is 5.02. The van der Waals surface area contributed by atoms with Gasteiger partial charge in [0.05, 0.1) is 6.61 Å². The minimum atomic E-state index is 0.0647. The van der Waals surface area contributed by atoms with Crippen LogP contribution < -0.4 is 0 Å². The fraction of sp³-hybridized carbons (Fsp3) is 0.750. The lowest BCUT2D eigenvalue weighted by Crippen LogP contribution is -1.99. The minimum absolute atomic E-state index is 0.0647. The van der Waals surface area contributed by atoms with Crippen molar-refractivity contribution in [3.63, 3.8) is 0 Å². The summed E-state index contributed by atoms with van der Waals surface area (Å²) in [6.45, 7) is 8.76. The topological polar surface area (TPSA) is 9.23 Å². The molecule has 0 aromatic carbocycles. The van der Waals surface area contributed by atoms with Crippen molar-refractivity contribution in [1.82, 2.24) is 0 Å². The molecule has 0 radical (unpaired) electrons. The van der Waals surface area contributed by atoms with Crippen LogP contribution in [0.1, 0.15) is 27.7 Å². The Balaban J connectivity index is 3.59. The summed E-state index contributed by atoms with van der Waals surface area (Å²) in [5.41, 5.74) is 0.0647. The molecular weight excluding hydrogens is 112 g/mol.